The van der Waals surface area contributed by atoms with E-state index >= 15 is 0 Å². The number of oxime groups is 1. The van der Waals surface area contributed by atoms with Gasteiger partial charge in [-0.25, -0.2) is 4.79 Å². The van der Waals surface area contributed by atoms with Gasteiger partial charge in [-0.15, -0.1) is 0 Å². The van der Waals surface area contributed by atoms with Crippen molar-refractivity contribution in [3.05, 3.63) is 101 Å². The molecule has 4 aromatic rings. The molecule has 1 aromatic heterocycles. The molecule has 0 radical (unpaired) electrons. The molecule has 5 heteroatoms. The topological polar surface area (TPSA) is 72.0 Å². The molecule has 0 aliphatic rings. The lowest BCUT2D eigenvalue weighted by atomic mass is 10.0. The molecule has 0 saturated carbocycles. The van der Waals surface area contributed by atoms with Crippen molar-refractivity contribution >= 4 is 16.7 Å². The second-order valence-corrected chi connectivity index (χ2v) is 6.20. The number of benzene rings is 3. The molecular formula is C23H17NO4. The van der Waals surface area contributed by atoms with Gasteiger partial charge in [-0.3, -0.25) is 0 Å². The third kappa shape index (κ3) is 3.64. The molecule has 0 saturated heterocycles. The van der Waals surface area contributed by atoms with Crippen molar-refractivity contribution in [1.82, 2.24) is 0 Å². The average molecular weight is 371 g/mol. The molecule has 1 N–H and O–H groups in total. The van der Waals surface area contributed by atoms with Crippen LogP contribution in [-0.2, 0) is 0 Å². The van der Waals surface area contributed by atoms with Crippen LogP contribution in [0.5, 0.6) is 5.75 Å². The van der Waals surface area contributed by atoms with Crippen molar-refractivity contribution in [2.45, 2.75) is 0 Å². The van der Waals surface area contributed by atoms with Gasteiger partial charge in [-0.1, -0.05) is 65.8 Å². The molecule has 3 aromatic carbocycles. The highest BCUT2D eigenvalue weighted by Gasteiger charge is 2.10. The quantitative estimate of drug-likeness (QED) is 0.238. The van der Waals surface area contributed by atoms with E-state index in [4.69, 9.17) is 9.15 Å². The number of ether oxygens (including phenoxy) is 1. The minimum absolute atomic E-state index is 0.0780. The zero-order valence-electron chi connectivity index (χ0n) is 14.9. The smallest absolute Gasteiger partial charge is 0.336 e. The van der Waals surface area contributed by atoms with Crippen molar-refractivity contribution in [1.29, 1.82) is 0 Å². The van der Waals surface area contributed by atoms with E-state index in [1.54, 1.807) is 12.1 Å². The summed E-state index contributed by atoms with van der Waals surface area (Å²) in [6.45, 7) is 0.0780. The van der Waals surface area contributed by atoms with Gasteiger partial charge >= 0.3 is 5.63 Å². The summed E-state index contributed by atoms with van der Waals surface area (Å²) in [5.74, 6) is 0.512. The molecule has 0 aliphatic carbocycles. The normalized spacial score (nSPS) is 11.5. The Labute approximate surface area is 161 Å². The Kier molecular flexibility index (Phi) is 4.89. The Balaban J connectivity index is 1.64. The highest BCUT2D eigenvalue weighted by atomic mass is 16.5. The Morgan fingerprint density at radius 2 is 1.64 bits per heavy atom. The maximum absolute atomic E-state index is 12.0. The maximum Gasteiger partial charge on any atom is 0.336 e. The largest absolute Gasteiger partial charge is 0.487 e. The van der Waals surface area contributed by atoms with E-state index in [2.05, 4.69) is 5.16 Å². The summed E-state index contributed by atoms with van der Waals surface area (Å²) >= 11 is 0. The van der Waals surface area contributed by atoms with E-state index in [-0.39, 0.29) is 6.61 Å². The van der Waals surface area contributed by atoms with Crippen LogP contribution in [0.2, 0.25) is 0 Å². The molecule has 0 unspecified atom stereocenters. The van der Waals surface area contributed by atoms with Gasteiger partial charge in [-0.05, 0) is 23.3 Å². The first-order valence-electron chi connectivity index (χ1n) is 8.77. The second-order valence-electron chi connectivity index (χ2n) is 6.20. The van der Waals surface area contributed by atoms with E-state index in [1.807, 2.05) is 66.7 Å². The molecule has 0 spiro atoms. The van der Waals surface area contributed by atoms with Crippen molar-refractivity contribution in [2.75, 3.05) is 6.61 Å². The SMILES string of the molecule is O=c1cc(-c2ccccc2)c2ccc(OCC(=NO)c3ccccc3)cc2o1. The van der Waals surface area contributed by atoms with Crippen LogP contribution < -0.4 is 10.4 Å². The predicted molar refractivity (Wildman–Crippen MR) is 108 cm³/mol. The van der Waals surface area contributed by atoms with Crippen molar-refractivity contribution in [2.24, 2.45) is 5.16 Å². The van der Waals surface area contributed by atoms with Gasteiger partial charge in [0.1, 0.15) is 23.7 Å². The summed E-state index contributed by atoms with van der Waals surface area (Å²) in [5, 5.41) is 13.4. The first-order valence-corrected chi connectivity index (χ1v) is 8.77. The fourth-order valence-electron chi connectivity index (χ4n) is 3.04. The van der Waals surface area contributed by atoms with E-state index in [0.717, 1.165) is 22.1 Å². The number of hydrogen-bond acceptors (Lipinski definition) is 5. The van der Waals surface area contributed by atoms with Gasteiger partial charge in [0.05, 0.1) is 0 Å². The number of fused-ring (bicyclic) bond motifs is 1. The molecule has 4 rings (SSSR count). The zero-order chi connectivity index (χ0) is 19.3. The highest BCUT2D eigenvalue weighted by Crippen LogP contribution is 2.29. The summed E-state index contributed by atoms with van der Waals surface area (Å²) in [6, 6.07) is 25.8. The van der Waals surface area contributed by atoms with Gasteiger partial charge in [0.2, 0.25) is 0 Å². The predicted octanol–water partition coefficient (Wildman–Crippen LogP) is 4.72. The van der Waals surface area contributed by atoms with Crippen LogP contribution in [0, 0.1) is 0 Å². The molecule has 138 valence electrons. The molecule has 0 aliphatic heterocycles. The van der Waals surface area contributed by atoms with E-state index in [1.165, 1.54) is 6.07 Å². The van der Waals surface area contributed by atoms with Crippen LogP contribution in [0.1, 0.15) is 5.56 Å². The first kappa shape index (κ1) is 17.5. The van der Waals surface area contributed by atoms with E-state index < -0.39 is 5.63 Å². The number of hydrogen-bond donors (Lipinski definition) is 1. The Hall–Kier alpha value is -3.86. The molecule has 0 fully saturated rings. The van der Waals surface area contributed by atoms with Gasteiger partial charge in [0, 0.05) is 23.1 Å². The van der Waals surface area contributed by atoms with Crippen LogP contribution in [0.15, 0.2) is 99.3 Å². The second kappa shape index (κ2) is 7.80. The molecule has 1 heterocycles. The summed E-state index contributed by atoms with van der Waals surface area (Å²) in [6.07, 6.45) is 0. The average Bonchev–Trinajstić information content (AvgIpc) is 2.75. The van der Waals surface area contributed by atoms with Gasteiger partial charge in [0.25, 0.3) is 0 Å². The van der Waals surface area contributed by atoms with Crippen molar-refractivity contribution in [3.63, 3.8) is 0 Å². The van der Waals surface area contributed by atoms with E-state index in [0.29, 0.717) is 17.0 Å². The molecule has 0 bridgehead atoms. The van der Waals surface area contributed by atoms with Gasteiger partial charge in [0.15, 0.2) is 0 Å². The molecule has 0 atom stereocenters. The van der Waals surface area contributed by atoms with Crippen LogP contribution in [0.4, 0.5) is 0 Å². The Morgan fingerprint density at radius 3 is 2.36 bits per heavy atom. The molecule has 0 amide bonds. The summed E-state index contributed by atoms with van der Waals surface area (Å²) in [5.41, 5.74) is 2.92. The lowest BCUT2D eigenvalue weighted by molar-refractivity contribution is 0.308. The monoisotopic (exact) mass is 371 g/mol. The first-order chi connectivity index (χ1) is 13.7. The number of rotatable bonds is 5. The fraction of sp³-hybridized carbons (Fsp3) is 0.0435. The lowest BCUT2D eigenvalue weighted by Crippen LogP contribution is -2.13. The Morgan fingerprint density at radius 1 is 0.929 bits per heavy atom. The van der Waals surface area contributed by atoms with Crippen molar-refractivity contribution in [3.8, 4) is 16.9 Å². The number of nitrogens with zero attached hydrogens (tertiary/aromatic N) is 1. The minimum Gasteiger partial charge on any atom is -0.487 e. The zero-order valence-corrected chi connectivity index (χ0v) is 14.9. The molecule has 5 nitrogen and oxygen atoms in total. The van der Waals surface area contributed by atoms with Gasteiger partial charge in [-0.2, -0.15) is 0 Å². The molecule has 28 heavy (non-hydrogen) atoms. The van der Waals surface area contributed by atoms with E-state index in [9.17, 15) is 10.0 Å². The third-order valence-corrected chi connectivity index (χ3v) is 4.40. The Bertz CT molecular complexity index is 1180. The fourth-order valence-corrected chi connectivity index (χ4v) is 3.04. The third-order valence-electron chi connectivity index (χ3n) is 4.40. The summed E-state index contributed by atoms with van der Waals surface area (Å²) in [7, 11) is 0. The van der Waals surface area contributed by atoms with Gasteiger partial charge < -0.3 is 14.4 Å². The van der Waals surface area contributed by atoms with Crippen LogP contribution in [-0.4, -0.2) is 17.5 Å². The summed E-state index contributed by atoms with van der Waals surface area (Å²) in [4.78, 5) is 12.0. The molecular weight excluding hydrogens is 354 g/mol. The van der Waals surface area contributed by atoms with Crippen LogP contribution >= 0.6 is 0 Å². The highest BCUT2D eigenvalue weighted by molar-refractivity contribution is 6.01. The minimum atomic E-state index is -0.426. The standard InChI is InChI=1S/C23H17NO4/c25-23-14-20(16-7-3-1-4-8-16)19-12-11-18(13-22(19)28-23)27-15-21(24-26)17-9-5-2-6-10-17/h1-14,26H,15H2. The van der Waals surface area contributed by atoms with Crippen molar-refractivity contribution < 1.29 is 14.4 Å². The maximum atomic E-state index is 12.0. The lowest BCUT2D eigenvalue weighted by Gasteiger charge is -2.10. The van der Waals surface area contributed by atoms with Crippen LogP contribution in [0.3, 0.4) is 0 Å². The summed E-state index contributed by atoms with van der Waals surface area (Å²) < 4.78 is 11.1. The van der Waals surface area contributed by atoms with Crippen LogP contribution in [0.25, 0.3) is 22.1 Å².